The van der Waals surface area contributed by atoms with Gasteiger partial charge in [0.1, 0.15) is 5.56 Å². The predicted molar refractivity (Wildman–Crippen MR) is 130 cm³/mol. The number of nitrogens with zero attached hydrogens (tertiary/aromatic N) is 4. The van der Waals surface area contributed by atoms with Crippen molar-refractivity contribution in [3.8, 4) is 5.69 Å². The Bertz CT molecular complexity index is 1730. The Hall–Kier alpha value is -4.06. The number of aryl methyl sites for hydroxylation is 2. The van der Waals surface area contributed by atoms with E-state index in [9.17, 15) is 37.5 Å². The van der Waals surface area contributed by atoms with Crippen LogP contribution in [0.2, 0.25) is 5.02 Å². The van der Waals surface area contributed by atoms with E-state index >= 15 is 0 Å². The summed E-state index contributed by atoms with van der Waals surface area (Å²) in [6.07, 6.45) is -3.93. The molecule has 0 aliphatic rings. The summed E-state index contributed by atoms with van der Waals surface area (Å²) in [5.41, 5.74) is -3.36. The van der Waals surface area contributed by atoms with Crippen LogP contribution in [-0.4, -0.2) is 29.3 Å². The van der Waals surface area contributed by atoms with Gasteiger partial charge < -0.3 is 5.11 Å². The maximum atomic E-state index is 13.4. The van der Waals surface area contributed by atoms with Gasteiger partial charge in [0.25, 0.3) is 5.56 Å². The molecule has 2 heterocycles. The van der Waals surface area contributed by atoms with Crippen LogP contribution in [0.15, 0.2) is 57.0 Å². The van der Waals surface area contributed by atoms with Crippen LogP contribution in [0.5, 0.6) is 0 Å². The first kappa shape index (κ1) is 26.0. The monoisotopic (exact) mass is 536 g/mol. The van der Waals surface area contributed by atoms with Gasteiger partial charge in [-0.25, -0.2) is 14.4 Å². The van der Waals surface area contributed by atoms with Crippen LogP contribution in [0.25, 0.3) is 16.7 Å². The maximum Gasteiger partial charge on any atom is 0.417 e. The molecule has 0 spiro atoms. The molecule has 0 unspecified atom stereocenters. The minimum absolute atomic E-state index is 0.152. The van der Waals surface area contributed by atoms with E-state index < -0.39 is 46.1 Å². The molecular weight excluding hydrogens is 517 g/mol. The molecule has 9 nitrogen and oxygen atoms in total. The lowest BCUT2D eigenvalue weighted by atomic mass is 10.1. The highest BCUT2D eigenvalue weighted by atomic mass is 35.5. The number of alkyl halides is 3. The molecule has 0 bridgehead atoms. The van der Waals surface area contributed by atoms with Crippen LogP contribution in [-0.2, 0) is 25.8 Å². The number of carboxylic acids is 1. The van der Waals surface area contributed by atoms with Crippen molar-refractivity contribution in [2.24, 2.45) is 0 Å². The SMILES string of the molecule is CCn1c(=O)n(CC)c2cc(-n3cc(C(=O)O)c(=O)n(Cc4cccc(C(F)(F)F)c4Cl)c3=O)ccc21. The molecule has 13 heteroatoms. The molecule has 0 radical (unpaired) electrons. The van der Waals surface area contributed by atoms with Gasteiger partial charge in [0.2, 0.25) is 0 Å². The van der Waals surface area contributed by atoms with Crippen molar-refractivity contribution >= 4 is 28.6 Å². The first-order valence-electron chi connectivity index (χ1n) is 11.1. The fraction of sp³-hybridized carbons (Fsp3) is 0.250. The van der Waals surface area contributed by atoms with Crippen LogP contribution < -0.4 is 16.9 Å². The largest absolute Gasteiger partial charge is 0.477 e. The van der Waals surface area contributed by atoms with Crippen LogP contribution in [0.3, 0.4) is 0 Å². The third-order valence-corrected chi connectivity index (χ3v) is 6.47. The Morgan fingerprint density at radius 2 is 1.59 bits per heavy atom. The van der Waals surface area contributed by atoms with Crippen molar-refractivity contribution in [3.05, 3.63) is 95.6 Å². The second kappa shape index (κ2) is 9.43. The summed E-state index contributed by atoms with van der Waals surface area (Å²) in [4.78, 5) is 50.7. The van der Waals surface area contributed by atoms with Crippen molar-refractivity contribution in [1.82, 2.24) is 18.3 Å². The number of rotatable bonds is 6. The summed E-state index contributed by atoms with van der Waals surface area (Å²) in [5, 5.41) is 8.89. The summed E-state index contributed by atoms with van der Waals surface area (Å²) in [7, 11) is 0. The molecule has 0 atom stereocenters. The van der Waals surface area contributed by atoms with E-state index in [1.54, 1.807) is 19.9 Å². The molecule has 194 valence electrons. The van der Waals surface area contributed by atoms with E-state index in [4.69, 9.17) is 11.6 Å². The molecule has 0 saturated carbocycles. The zero-order valence-electron chi connectivity index (χ0n) is 19.5. The topological polar surface area (TPSA) is 108 Å². The first-order valence-corrected chi connectivity index (χ1v) is 11.5. The highest BCUT2D eigenvalue weighted by Crippen LogP contribution is 2.36. The summed E-state index contributed by atoms with van der Waals surface area (Å²) in [6.45, 7) is 3.59. The van der Waals surface area contributed by atoms with Gasteiger partial charge in [-0.3, -0.25) is 23.1 Å². The third kappa shape index (κ3) is 4.37. The Morgan fingerprint density at radius 1 is 0.946 bits per heavy atom. The van der Waals surface area contributed by atoms with Crippen molar-refractivity contribution in [1.29, 1.82) is 0 Å². The highest BCUT2D eigenvalue weighted by Gasteiger charge is 2.34. The van der Waals surface area contributed by atoms with Crippen LogP contribution in [0.4, 0.5) is 13.2 Å². The molecule has 0 aliphatic heterocycles. The number of fused-ring (bicyclic) bond motifs is 1. The van der Waals surface area contributed by atoms with E-state index in [2.05, 4.69) is 0 Å². The minimum Gasteiger partial charge on any atom is -0.477 e. The van der Waals surface area contributed by atoms with Crippen LogP contribution >= 0.6 is 11.6 Å². The summed E-state index contributed by atoms with van der Waals surface area (Å²) in [6, 6.07) is 7.61. The van der Waals surface area contributed by atoms with Crippen molar-refractivity contribution in [3.63, 3.8) is 0 Å². The van der Waals surface area contributed by atoms with Crippen LogP contribution in [0, 0.1) is 0 Å². The Morgan fingerprint density at radius 3 is 2.19 bits per heavy atom. The molecule has 0 amide bonds. The van der Waals surface area contributed by atoms with Gasteiger partial charge in [0.15, 0.2) is 0 Å². The number of imidazole rings is 1. The molecule has 37 heavy (non-hydrogen) atoms. The first-order chi connectivity index (χ1) is 17.4. The number of benzene rings is 2. The van der Waals surface area contributed by atoms with Gasteiger partial charge in [-0.2, -0.15) is 13.2 Å². The van der Waals surface area contributed by atoms with Gasteiger partial charge in [-0.15, -0.1) is 0 Å². The lowest BCUT2D eigenvalue weighted by molar-refractivity contribution is -0.137. The number of carbonyl (C=O) groups is 1. The zero-order valence-corrected chi connectivity index (χ0v) is 20.3. The summed E-state index contributed by atoms with van der Waals surface area (Å²) < 4.78 is 44.3. The number of hydrogen-bond acceptors (Lipinski definition) is 4. The highest BCUT2D eigenvalue weighted by molar-refractivity contribution is 6.32. The van der Waals surface area contributed by atoms with E-state index in [0.29, 0.717) is 28.7 Å². The number of aromatic nitrogens is 4. The second-order valence-corrected chi connectivity index (χ2v) is 8.49. The fourth-order valence-electron chi connectivity index (χ4n) is 4.23. The van der Waals surface area contributed by atoms with Gasteiger partial charge >= 0.3 is 23.5 Å². The van der Waals surface area contributed by atoms with Gasteiger partial charge in [0.05, 0.1) is 33.9 Å². The summed E-state index contributed by atoms with van der Waals surface area (Å²) >= 11 is 5.94. The maximum absolute atomic E-state index is 13.4. The summed E-state index contributed by atoms with van der Waals surface area (Å²) in [5.74, 6) is -1.63. The van der Waals surface area contributed by atoms with E-state index in [1.165, 1.54) is 27.3 Å². The second-order valence-electron chi connectivity index (χ2n) is 8.11. The van der Waals surface area contributed by atoms with Gasteiger partial charge in [-0.05, 0) is 43.7 Å². The number of halogens is 4. The molecule has 1 N–H and O–H groups in total. The molecular formula is C24H20ClF3N4O5. The average Bonchev–Trinajstić information content (AvgIpc) is 3.11. The van der Waals surface area contributed by atoms with Crippen LogP contribution in [0.1, 0.15) is 35.3 Å². The number of aromatic carboxylic acids is 1. The van der Waals surface area contributed by atoms with E-state index in [1.807, 2.05) is 0 Å². The van der Waals surface area contributed by atoms with Gasteiger partial charge in [0, 0.05) is 19.3 Å². The zero-order chi connectivity index (χ0) is 27.2. The standard InChI is InChI=1S/C24H20ClF3N4O5/c1-3-29-17-9-8-14(10-18(17)30(4-2)22(29)36)31-12-15(21(34)35)20(33)32(23(31)37)11-13-6-5-7-16(19(13)25)24(26,27)28/h5-10,12H,3-4,11H2,1-2H3,(H,34,35). The predicted octanol–water partition coefficient (Wildman–Crippen LogP) is 3.57. The van der Waals surface area contributed by atoms with Crippen molar-refractivity contribution in [2.45, 2.75) is 39.7 Å². The molecule has 2 aromatic heterocycles. The van der Waals surface area contributed by atoms with Crippen molar-refractivity contribution < 1.29 is 23.1 Å². The number of carboxylic acid groups (broad SMARTS) is 1. The molecule has 0 saturated heterocycles. The van der Waals surface area contributed by atoms with E-state index in [-0.39, 0.29) is 16.9 Å². The van der Waals surface area contributed by atoms with E-state index in [0.717, 1.165) is 22.9 Å². The lowest BCUT2D eigenvalue weighted by Gasteiger charge is -2.15. The molecule has 0 aliphatic carbocycles. The quantitative estimate of drug-likeness (QED) is 0.405. The third-order valence-electron chi connectivity index (χ3n) is 6.03. The van der Waals surface area contributed by atoms with Gasteiger partial charge in [-0.1, -0.05) is 23.7 Å². The lowest BCUT2D eigenvalue weighted by Crippen LogP contribution is -2.42. The normalized spacial score (nSPS) is 11.8. The molecule has 0 fully saturated rings. The minimum atomic E-state index is -4.78. The fourth-order valence-corrected chi connectivity index (χ4v) is 4.53. The molecule has 2 aromatic carbocycles. The average molecular weight is 537 g/mol. The Balaban J connectivity index is 1.97. The Kier molecular flexibility index (Phi) is 6.63. The molecule has 4 rings (SSSR count). The van der Waals surface area contributed by atoms with Crippen molar-refractivity contribution in [2.75, 3.05) is 0 Å². The Labute approximate surface area is 211 Å². The smallest absolute Gasteiger partial charge is 0.417 e. The number of hydrogen-bond donors (Lipinski definition) is 1. The molecule has 4 aromatic rings.